The maximum atomic E-state index is 13.9. The van der Waals surface area contributed by atoms with Crippen LogP contribution in [-0.4, -0.2) is 22.6 Å². The van der Waals surface area contributed by atoms with E-state index in [9.17, 15) is 12.8 Å². The second kappa shape index (κ2) is 7.38. The standard InChI is InChI=1S/C16H17ClFNO4S/c1-10(13-9-12(22-2)5-6-15(13)23-3)19-24(20,21)16-7-4-11(17)8-14(16)18/h4-10,19H,1-3H3. The fourth-order valence-corrected chi connectivity index (χ4v) is 3.67. The van der Waals surface area contributed by atoms with Crippen molar-refractivity contribution in [2.24, 2.45) is 0 Å². The number of halogens is 2. The Kier molecular flexibility index (Phi) is 5.69. The summed E-state index contributed by atoms with van der Waals surface area (Å²) < 4.78 is 51.6. The van der Waals surface area contributed by atoms with Gasteiger partial charge in [0.2, 0.25) is 10.0 Å². The molecule has 0 saturated heterocycles. The lowest BCUT2D eigenvalue weighted by atomic mass is 10.1. The van der Waals surface area contributed by atoms with E-state index in [1.54, 1.807) is 25.1 Å². The summed E-state index contributed by atoms with van der Waals surface area (Å²) in [4.78, 5) is -0.472. The summed E-state index contributed by atoms with van der Waals surface area (Å²) in [6, 6.07) is 7.74. The quantitative estimate of drug-likeness (QED) is 0.841. The minimum Gasteiger partial charge on any atom is -0.497 e. The fraction of sp³-hybridized carbons (Fsp3) is 0.250. The Balaban J connectivity index is 2.36. The molecule has 24 heavy (non-hydrogen) atoms. The zero-order chi connectivity index (χ0) is 17.9. The molecule has 0 fully saturated rings. The molecule has 0 radical (unpaired) electrons. The predicted molar refractivity (Wildman–Crippen MR) is 89.7 cm³/mol. The Bertz CT molecular complexity index is 842. The van der Waals surface area contributed by atoms with Crippen molar-refractivity contribution < 1.29 is 22.3 Å². The highest BCUT2D eigenvalue weighted by atomic mass is 35.5. The Hall–Kier alpha value is -1.83. The van der Waals surface area contributed by atoms with E-state index in [2.05, 4.69) is 4.72 Å². The Labute approximate surface area is 145 Å². The van der Waals surface area contributed by atoms with Gasteiger partial charge < -0.3 is 9.47 Å². The molecule has 0 heterocycles. The lowest BCUT2D eigenvalue weighted by Crippen LogP contribution is -2.28. The average Bonchev–Trinajstić information content (AvgIpc) is 2.53. The molecule has 0 bridgehead atoms. The molecule has 5 nitrogen and oxygen atoms in total. The molecule has 0 aromatic heterocycles. The van der Waals surface area contributed by atoms with Gasteiger partial charge in [0.05, 0.1) is 14.2 Å². The zero-order valence-corrected chi connectivity index (χ0v) is 14.9. The van der Waals surface area contributed by atoms with Gasteiger partial charge in [-0.3, -0.25) is 0 Å². The first-order valence-corrected chi connectivity index (χ1v) is 8.84. The van der Waals surface area contributed by atoms with Gasteiger partial charge in [-0.1, -0.05) is 11.6 Å². The third-order valence-corrected chi connectivity index (χ3v) is 5.23. The SMILES string of the molecule is COc1ccc(OC)c(C(C)NS(=O)(=O)c2ccc(Cl)cc2F)c1. The van der Waals surface area contributed by atoms with Crippen LogP contribution in [0.3, 0.4) is 0 Å². The molecule has 0 aliphatic heterocycles. The van der Waals surface area contributed by atoms with Gasteiger partial charge in [-0.25, -0.2) is 17.5 Å². The van der Waals surface area contributed by atoms with Crippen molar-refractivity contribution in [1.29, 1.82) is 0 Å². The van der Waals surface area contributed by atoms with E-state index >= 15 is 0 Å². The van der Waals surface area contributed by atoms with Gasteiger partial charge in [0, 0.05) is 16.6 Å². The van der Waals surface area contributed by atoms with Crippen LogP contribution in [0.15, 0.2) is 41.3 Å². The van der Waals surface area contributed by atoms with Crippen molar-refractivity contribution in [2.75, 3.05) is 14.2 Å². The van der Waals surface area contributed by atoms with Gasteiger partial charge >= 0.3 is 0 Å². The molecule has 0 spiro atoms. The molecule has 0 amide bonds. The van der Waals surface area contributed by atoms with E-state index in [4.69, 9.17) is 21.1 Å². The first-order chi connectivity index (χ1) is 11.3. The number of sulfonamides is 1. The summed E-state index contributed by atoms with van der Waals surface area (Å²) in [5.74, 6) is 0.122. The number of methoxy groups -OCH3 is 2. The summed E-state index contributed by atoms with van der Waals surface area (Å²) in [6.07, 6.45) is 0. The van der Waals surface area contributed by atoms with Gasteiger partial charge in [-0.15, -0.1) is 0 Å². The molecule has 0 aliphatic carbocycles. The van der Waals surface area contributed by atoms with Crippen LogP contribution < -0.4 is 14.2 Å². The minimum absolute atomic E-state index is 0.119. The lowest BCUT2D eigenvalue weighted by molar-refractivity contribution is 0.395. The summed E-state index contributed by atoms with van der Waals surface area (Å²) in [5, 5.41) is 0.119. The van der Waals surface area contributed by atoms with E-state index in [0.717, 1.165) is 12.1 Å². The molecule has 0 saturated carbocycles. The van der Waals surface area contributed by atoms with E-state index < -0.39 is 26.8 Å². The van der Waals surface area contributed by atoms with Crippen LogP contribution in [0.25, 0.3) is 0 Å². The highest BCUT2D eigenvalue weighted by Crippen LogP contribution is 2.30. The monoisotopic (exact) mass is 373 g/mol. The number of nitrogens with one attached hydrogen (secondary N) is 1. The molecule has 130 valence electrons. The molecular weight excluding hydrogens is 357 g/mol. The molecule has 2 rings (SSSR count). The highest BCUT2D eigenvalue weighted by molar-refractivity contribution is 7.89. The van der Waals surface area contributed by atoms with E-state index in [1.807, 2.05) is 0 Å². The van der Waals surface area contributed by atoms with Crippen LogP contribution in [0.4, 0.5) is 4.39 Å². The molecule has 8 heteroatoms. The first-order valence-electron chi connectivity index (χ1n) is 6.98. The van der Waals surface area contributed by atoms with Crippen molar-refractivity contribution >= 4 is 21.6 Å². The molecule has 0 aliphatic rings. The lowest BCUT2D eigenvalue weighted by Gasteiger charge is -2.18. The highest BCUT2D eigenvalue weighted by Gasteiger charge is 2.24. The normalized spacial score (nSPS) is 12.7. The third-order valence-electron chi connectivity index (χ3n) is 3.42. The summed E-state index contributed by atoms with van der Waals surface area (Å²) in [5.41, 5.74) is 0.565. The summed E-state index contributed by atoms with van der Waals surface area (Å²) in [7, 11) is -1.10. The Morgan fingerprint density at radius 3 is 2.42 bits per heavy atom. The number of benzene rings is 2. The minimum atomic E-state index is -4.08. The van der Waals surface area contributed by atoms with Crippen LogP contribution in [0, 0.1) is 5.82 Å². The van der Waals surface area contributed by atoms with Gasteiger partial charge in [0.1, 0.15) is 22.2 Å². The summed E-state index contributed by atoms with van der Waals surface area (Å²) in [6.45, 7) is 1.63. The number of hydrogen-bond donors (Lipinski definition) is 1. The van der Waals surface area contributed by atoms with Crippen molar-refractivity contribution in [3.63, 3.8) is 0 Å². The second-order valence-corrected chi connectivity index (χ2v) is 7.14. The fourth-order valence-electron chi connectivity index (χ4n) is 2.23. The van der Waals surface area contributed by atoms with Gasteiger partial charge in [0.25, 0.3) is 0 Å². The average molecular weight is 374 g/mol. The smallest absolute Gasteiger partial charge is 0.244 e. The van der Waals surface area contributed by atoms with Gasteiger partial charge in [0.15, 0.2) is 0 Å². The molecule has 2 aromatic rings. The van der Waals surface area contributed by atoms with Crippen LogP contribution >= 0.6 is 11.6 Å². The molecule has 1 unspecified atom stereocenters. The maximum Gasteiger partial charge on any atom is 0.244 e. The molecule has 2 aromatic carbocycles. The van der Waals surface area contributed by atoms with Crippen LogP contribution in [-0.2, 0) is 10.0 Å². The van der Waals surface area contributed by atoms with E-state index in [0.29, 0.717) is 17.1 Å². The van der Waals surface area contributed by atoms with E-state index in [1.165, 1.54) is 20.3 Å². The number of rotatable bonds is 6. The number of ether oxygens (including phenoxy) is 2. The van der Waals surface area contributed by atoms with Crippen molar-refractivity contribution in [3.8, 4) is 11.5 Å². The second-order valence-electron chi connectivity index (χ2n) is 5.03. The van der Waals surface area contributed by atoms with Crippen LogP contribution in [0.5, 0.6) is 11.5 Å². The van der Waals surface area contributed by atoms with Crippen molar-refractivity contribution in [3.05, 3.63) is 52.8 Å². The first kappa shape index (κ1) is 18.5. The molecule has 1 atom stereocenters. The largest absolute Gasteiger partial charge is 0.497 e. The number of hydrogen-bond acceptors (Lipinski definition) is 4. The Morgan fingerprint density at radius 2 is 1.83 bits per heavy atom. The zero-order valence-electron chi connectivity index (χ0n) is 13.3. The Morgan fingerprint density at radius 1 is 1.12 bits per heavy atom. The molecule has 1 N–H and O–H groups in total. The van der Waals surface area contributed by atoms with Gasteiger partial charge in [-0.05, 0) is 43.3 Å². The predicted octanol–water partition coefficient (Wildman–Crippen LogP) is 3.54. The molecular formula is C16H17ClFNO4S. The van der Waals surface area contributed by atoms with Crippen molar-refractivity contribution in [2.45, 2.75) is 17.9 Å². The topological polar surface area (TPSA) is 64.6 Å². The van der Waals surface area contributed by atoms with Gasteiger partial charge in [-0.2, -0.15) is 0 Å². The van der Waals surface area contributed by atoms with Crippen LogP contribution in [0.1, 0.15) is 18.5 Å². The van der Waals surface area contributed by atoms with E-state index in [-0.39, 0.29) is 5.02 Å². The summed E-state index contributed by atoms with van der Waals surface area (Å²) >= 11 is 5.66. The van der Waals surface area contributed by atoms with Crippen LogP contribution in [0.2, 0.25) is 5.02 Å². The third kappa shape index (κ3) is 3.98. The van der Waals surface area contributed by atoms with Crippen molar-refractivity contribution in [1.82, 2.24) is 4.72 Å². The maximum absolute atomic E-state index is 13.9.